The lowest BCUT2D eigenvalue weighted by Gasteiger charge is -2.33. The first-order chi connectivity index (χ1) is 16.1. The highest BCUT2D eigenvalue weighted by molar-refractivity contribution is 5.83. The highest BCUT2D eigenvalue weighted by atomic mass is 19.1. The monoisotopic (exact) mass is 448 g/mol. The average molecular weight is 449 g/mol. The van der Waals surface area contributed by atoms with Gasteiger partial charge in [-0.1, -0.05) is 44.2 Å². The Balaban J connectivity index is 1.38. The Labute approximate surface area is 195 Å². The number of carbonyl (C=O) groups excluding carboxylic acids is 1. The van der Waals surface area contributed by atoms with Crippen molar-refractivity contribution in [1.82, 2.24) is 19.4 Å². The van der Waals surface area contributed by atoms with Crippen molar-refractivity contribution in [2.75, 3.05) is 26.2 Å². The number of nitrogens with zero attached hydrogens (tertiary/aromatic N) is 4. The third kappa shape index (κ3) is 4.41. The van der Waals surface area contributed by atoms with Crippen molar-refractivity contribution < 1.29 is 9.18 Å². The Hall–Kier alpha value is -2.73. The van der Waals surface area contributed by atoms with Crippen LogP contribution in [-0.2, 0) is 11.3 Å². The molecule has 2 aliphatic rings. The molecular formula is C27H33FN4O. The molecule has 1 aliphatic carbocycles. The number of rotatable bonds is 7. The number of benzene rings is 2. The Morgan fingerprint density at radius 2 is 1.85 bits per heavy atom. The van der Waals surface area contributed by atoms with Crippen LogP contribution >= 0.6 is 0 Å². The van der Waals surface area contributed by atoms with Crippen molar-refractivity contribution in [2.24, 2.45) is 5.92 Å². The maximum atomic E-state index is 13.3. The van der Waals surface area contributed by atoms with Gasteiger partial charge in [-0.15, -0.1) is 0 Å². The van der Waals surface area contributed by atoms with E-state index in [0.717, 1.165) is 43.5 Å². The molecule has 1 aromatic heterocycles. The summed E-state index contributed by atoms with van der Waals surface area (Å²) in [6.45, 7) is 8.80. The van der Waals surface area contributed by atoms with E-state index in [1.54, 1.807) is 0 Å². The Bertz CT molecular complexity index is 1130. The lowest BCUT2D eigenvalue weighted by molar-refractivity contribution is -0.134. The van der Waals surface area contributed by atoms with Gasteiger partial charge in [-0.05, 0) is 61.2 Å². The lowest BCUT2D eigenvalue weighted by Crippen LogP contribution is -2.40. The number of aromatic nitrogens is 2. The summed E-state index contributed by atoms with van der Waals surface area (Å²) >= 11 is 0. The van der Waals surface area contributed by atoms with E-state index < -0.39 is 6.17 Å². The number of likely N-dealkylation sites (tertiary alicyclic amines) is 1. The van der Waals surface area contributed by atoms with Crippen LogP contribution in [0.1, 0.15) is 44.7 Å². The molecule has 5 rings (SSSR count). The first kappa shape index (κ1) is 22.1. The van der Waals surface area contributed by atoms with E-state index in [1.165, 1.54) is 16.7 Å². The Kier molecular flexibility index (Phi) is 6.19. The van der Waals surface area contributed by atoms with Gasteiger partial charge in [-0.2, -0.15) is 0 Å². The molecule has 0 N–H and O–H groups in total. The molecule has 0 unspecified atom stereocenters. The van der Waals surface area contributed by atoms with Gasteiger partial charge in [0.2, 0.25) is 5.91 Å². The van der Waals surface area contributed by atoms with E-state index in [-0.39, 0.29) is 11.8 Å². The summed E-state index contributed by atoms with van der Waals surface area (Å²) in [5, 5.41) is 0. The zero-order valence-corrected chi connectivity index (χ0v) is 19.6. The molecule has 33 heavy (non-hydrogen) atoms. The van der Waals surface area contributed by atoms with Crippen LogP contribution < -0.4 is 0 Å². The molecule has 1 aliphatic heterocycles. The van der Waals surface area contributed by atoms with Gasteiger partial charge in [-0.25, -0.2) is 9.37 Å². The van der Waals surface area contributed by atoms with Crippen LogP contribution in [0.25, 0.3) is 22.2 Å². The second-order valence-corrected chi connectivity index (χ2v) is 9.39. The van der Waals surface area contributed by atoms with E-state index >= 15 is 0 Å². The molecule has 0 bridgehead atoms. The number of hydrogen-bond acceptors (Lipinski definition) is 3. The topological polar surface area (TPSA) is 41.4 Å². The lowest BCUT2D eigenvalue weighted by atomic mass is 9.98. The molecule has 174 valence electrons. The van der Waals surface area contributed by atoms with Gasteiger partial charge in [0.1, 0.15) is 6.17 Å². The van der Waals surface area contributed by atoms with Gasteiger partial charge in [-0.3, -0.25) is 9.69 Å². The Morgan fingerprint density at radius 1 is 1.12 bits per heavy atom. The summed E-state index contributed by atoms with van der Waals surface area (Å²) in [5.74, 6) is -0.377. The summed E-state index contributed by atoms with van der Waals surface area (Å²) in [7, 11) is 0. The molecule has 6 heteroatoms. The second kappa shape index (κ2) is 9.26. The number of piperidine rings is 1. The van der Waals surface area contributed by atoms with E-state index in [9.17, 15) is 9.18 Å². The van der Waals surface area contributed by atoms with Gasteiger partial charge >= 0.3 is 0 Å². The van der Waals surface area contributed by atoms with Crippen LogP contribution in [0.15, 0.2) is 48.8 Å². The summed E-state index contributed by atoms with van der Waals surface area (Å²) in [5.41, 5.74) is 5.95. The predicted octanol–water partition coefficient (Wildman–Crippen LogP) is 5.07. The fourth-order valence-corrected chi connectivity index (χ4v) is 5.13. The van der Waals surface area contributed by atoms with Crippen LogP contribution in [-0.4, -0.2) is 57.6 Å². The fraction of sp³-hybridized carbons (Fsp3) is 0.481. The van der Waals surface area contributed by atoms with Crippen molar-refractivity contribution in [2.45, 2.75) is 51.9 Å². The quantitative estimate of drug-likeness (QED) is 0.507. The number of fused-ring (bicyclic) bond motifs is 1. The molecular weight excluding hydrogens is 415 g/mol. The minimum Gasteiger partial charge on any atom is -0.342 e. The van der Waals surface area contributed by atoms with Gasteiger partial charge < -0.3 is 9.47 Å². The summed E-state index contributed by atoms with van der Waals surface area (Å²) in [6.07, 6.45) is 3.18. The minimum atomic E-state index is -0.921. The van der Waals surface area contributed by atoms with Crippen LogP contribution in [0.4, 0.5) is 4.39 Å². The number of halogens is 1. The molecule has 1 amide bonds. The molecule has 2 atom stereocenters. The molecule has 1 saturated carbocycles. The molecule has 3 aromatic rings. The number of alkyl halides is 1. The first-order valence-corrected chi connectivity index (χ1v) is 12.3. The van der Waals surface area contributed by atoms with Crippen molar-refractivity contribution in [1.29, 1.82) is 0 Å². The largest absolute Gasteiger partial charge is 0.342 e. The van der Waals surface area contributed by atoms with Crippen molar-refractivity contribution >= 4 is 16.9 Å². The highest BCUT2D eigenvalue weighted by Crippen LogP contribution is 2.37. The molecule has 2 fully saturated rings. The molecule has 1 saturated heterocycles. The summed E-state index contributed by atoms with van der Waals surface area (Å²) in [4.78, 5) is 21.3. The zero-order valence-electron chi connectivity index (χ0n) is 19.6. The average Bonchev–Trinajstić information content (AvgIpc) is 3.44. The van der Waals surface area contributed by atoms with Crippen LogP contribution in [0.3, 0.4) is 0 Å². The van der Waals surface area contributed by atoms with Crippen molar-refractivity contribution in [3.8, 4) is 11.1 Å². The standard InChI is InChI=1S/C27H33FN4O/c1-3-30(4-2)17-20-7-5-6-8-22(20)19-9-10-25-26(15-19)32(18-29-25)21-11-13-31(14-12-21)27(33)23-16-24(23)28/h5-10,15,18,21,23-24H,3-4,11-14,16-17H2,1-2H3/t23-,24+/m0/s1. The van der Waals surface area contributed by atoms with E-state index in [1.807, 2.05) is 11.2 Å². The second-order valence-electron chi connectivity index (χ2n) is 9.39. The van der Waals surface area contributed by atoms with Gasteiger partial charge in [0.05, 0.1) is 23.3 Å². The number of carbonyl (C=O) groups is 1. The number of amides is 1. The summed E-state index contributed by atoms with van der Waals surface area (Å²) < 4.78 is 15.6. The highest BCUT2D eigenvalue weighted by Gasteiger charge is 2.46. The molecule has 2 heterocycles. The molecule has 2 aromatic carbocycles. The van der Waals surface area contributed by atoms with Crippen molar-refractivity contribution in [3.63, 3.8) is 0 Å². The van der Waals surface area contributed by atoms with Crippen LogP contribution in [0.5, 0.6) is 0 Å². The smallest absolute Gasteiger partial charge is 0.228 e. The number of hydrogen-bond donors (Lipinski definition) is 0. The zero-order chi connectivity index (χ0) is 22.9. The molecule has 5 nitrogen and oxygen atoms in total. The van der Waals surface area contributed by atoms with Crippen LogP contribution in [0.2, 0.25) is 0 Å². The normalized spacial score (nSPS) is 21.2. The molecule has 0 spiro atoms. The maximum Gasteiger partial charge on any atom is 0.228 e. The maximum absolute atomic E-state index is 13.3. The first-order valence-electron chi connectivity index (χ1n) is 12.3. The fourth-order valence-electron chi connectivity index (χ4n) is 5.13. The SMILES string of the molecule is CCN(CC)Cc1ccccc1-c1ccc2ncn(C3CCN(C(=O)[C@H]4C[C@H]4F)CC3)c2c1. The van der Waals surface area contributed by atoms with Gasteiger partial charge in [0.25, 0.3) is 0 Å². The number of imidazole rings is 1. The van der Waals surface area contributed by atoms with E-state index in [2.05, 4.69) is 70.8 Å². The summed E-state index contributed by atoms with van der Waals surface area (Å²) in [6, 6.07) is 15.5. The third-order valence-electron chi connectivity index (χ3n) is 7.39. The van der Waals surface area contributed by atoms with E-state index in [4.69, 9.17) is 0 Å². The minimum absolute atomic E-state index is 0.00327. The molecule has 0 radical (unpaired) electrons. The van der Waals surface area contributed by atoms with Gasteiger partial charge in [0.15, 0.2) is 0 Å². The Morgan fingerprint density at radius 3 is 2.55 bits per heavy atom. The van der Waals surface area contributed by atoms with Crippen molar-refractivity contribution in [3.05, 3.63) is 54.4 Å². The predicted molar refractivity (Wildman–Crippen MR) is 130 cm³/mol. The van der Waals surface area contributed by atoms with E-state index in [0.29, 0.717) is 25.6 Å². The van der Waals surface area contributed by atoms with Crippen LogP contribution in [0, 0.1) is 5.92 Å². The van der Waals surface area contributed by atoms with Gasteiger partial charge in [0, 0.05) is 25.7 Å². The third-order valence-corrected chi connectivity index (χ3v) is 7.39.